The number of amides is 2. The van der Waals surface area contributed by atoms with E-state index in [1.54, 1.807) is 60.4 Å². The number of methoxy groups -OCH3 is 2. The van der Waals surface area contributed by atoms with Gasteiger partial charge >= 0.3 is 0 Å². The normalized spacial score (nSPS) is 16.3. The highest BCUT2D eigenvalue weighted by atomic mass is 35.5. The number of carbonyl (C=O) groups is 2. The van der Waals surface area contributed by atoms with Crippen molar-refractivity contribution in [1.82, 2.24) is 9.80 Å². The largest absolute Gasteiger partial charge is 0.496 e. The number of ether oxygens (including phenoxy) is 2. The maximum Gasteiger partial charge on any atom is 0.278 e. The van der Waals surface area contributed by atoms with Crippen molar-refractivity contribution in [2.75, 3.05) is 27.3 Å². The van der Waals surface area contributed by atoms with E-state index in [1.807, 2.05) is 72.8 Å². The molecule has 0 N–H and O–H groups in total. The smallest absolute Gasteiger partial charge is 0.278 e. The highest BCUT2D eigenvalue weighted by molar-refractivity contribution is 6.31. The zero-order valence-electron chi connectivity index (χ0n) is 25.0. The van der Waals surface area contributed by atoms with Crippen LogP contribution in [-0.2, 0) is 9.59 Å². The minimum atomic E-state index is -0.310. The van der Waals surface area contributed by atoms with Crippen molar-refractivity contribution in [1.29, 1.82) is 0 Å². The van der Waals surface area contributed by atoms with E-state index in [0.29, 0.717) is 44.3 Å². The Hall–Kier alpha value is -5.18. The van der Waals surface area contributed by atoms with E-state index in [0.717, 1.165) is 11.1 Å². The predicted octanol–water partition coefficient (Wildman–Crippen LogP) is 6.97. The second-order valence-corrected chi connectivity index (χ2v) is 11.2. The van der Waals surface area contributed by atoms with E-state index in [-0.39, 0.29) is 36.3 Å². The Morgan fingerprint density at radius 1 is 0.587 bits per heavy atom. The van der Waals surface area contributed by atoms with E-state index in [4.69, 9.17) is 42.7 Å². The van der Waals surface area contributed by atoms with Gasteiger partial charge in [0.05, 0.1) is 25.3 Å². The van der Waals surface area contributed by atoms with Gasteiger partial charge in [-0.1, -0.05) is 71.7 Å². The minimum Gasteiger partial charge on any atom is -0.496 e. The summed E-state index contributed by atoms with van der Waals surface area (Å²) in [5.74, 6) is 1.34. The molecule has 10 heteroatoms. The summed E-state index contributed by atoms with van der Waals surface area (Å²) in [4.78, 5) is 40.5. The Balaban J connectivity index is 1.36. The summed E-state index contributed by atoms with van der Waals surface area (Å²) in [7, 11) is 3.14. The van der Waals surface area contributed by atoms with E-state index >= 15 is 0 Å². The van der Waals surface area contributed by atoms with E-state index < -0.39 is 0 Å². The van der Waals surface area contributed by atoms with Crippen LogP contribution >= 0.6 is 23.2 Å². The molecule has 0 aliphatic carbocycles. The first-order valence-corrected chi connectivity index (χ1v) is 15.1. The number of hydrogen-bond acceptors (Lipinski definition) is 6. The van der Waals surface area contributed by atoms with Crippen molar-refractivity contribution in [3.05, 3.63) is 141 Å². The summed E-state index contributed by atoms with van der Waals surface area (Å²) in [6.45, 7) is 0.254. The maximum absolute atomic E-state index is 13.9. The average molecular weight is 652 g/mol. The molecule has 2 amide bonds. The summed E-state index contributed by atoms with van der Waals surface area (Å²) < 4.78 is 11.2. The Morgan fingerprint density at radius 2 is 0.957 bits per heavy atom. The molecular formula is C36H28Cl2N4O4. The molecule has 0 spiro atoms. The zero-order valence-corrected chi connectivity index (χ0v) is 26.5. The second-order valence-electron chi connectivity index (χ2n) is 10.3. The van der Waals surface area contributed by atoms with Crippen molar-refractivity contribution < 1.29 is 19.1 Å². The van der Waals surface area contributed by atoms with Gasteiger partial charge in [0.2, 0.25) is 0 Å². The molecule has 0 fully saturated rings. The van der Waals surface area contributed by atoms with Crippen LogP contribution in [0.15, 0.2) is 118 Å². The van der Waals surface area contributed by atoms with Gasteiger partial charge in [-0.2, -0.15) is 0 Å². The minimum absolute atomic E-state index is 0.127. The molecule has 0 unspecified atom stereocenters. The van der Waals surface area contributed by atoms with Crippen molar-refractivity contribution >= 4 is 58.8 Å². The third kappa shape index (κ3) is 6.31. The van der Waals surface area contributed by atoms with Crippen LogP contribution in [0.4, 0.5) is 0 Å². The van der Waals surface area contributed by atoms with Crippen LogP contribution in [0, 0.1) is 0 Å². The molecule has 0 radical (unpaired) electrons. The lowest BCUT2D eigenvalue weighted by atomic mass is 10.1. The number of nitrogens with zero attached hydrogens (tertiary/aromatic N) is 4. The number of carbonyl (C=O) groups excluding carboxylic acids is 2. The molecule has 0 atom stereocenters. The third-order valence-corrected chi connectivity index (χ3v) is 7.99. The Bertz CT molecular complexity index is 1790. The fraction of sp³-hybridized carbons (Fsp3) is 0.111. The van der Waals surface area contributed by atoms with Gasteiger partial charge in [0.15, 0.2) is 0 Å². The number of aliphatic imine (C=N–C) groups is 2. The topological polar surface area (TPSA) is 83.8 Å². The molecule has 6 rings (SSSR count). The second kappa shape index (κ2) is 13.4. The van der Waals surface area contributed by atoms with Gasteiger partial charge in [-0.3, -0.25) is 19.4 Å². The van der Waals surface area contributed by atoms with Gasteiger partial charge in [0.25, 0.3) is 11.8 Å². The van der Waals surface area contributed by atoms with Crippen molar-refractivity contribution in [3.8, 4) is 11.5 Å². The summed E-state index contributed by atoms with van der Waals surface area (Å²) in [6, 6.07) is 29.0. The standard InChI is InChI=1S/C36H28Cl2N4O4/c1-45-31-9-5-3-7-27(31)33-39-29(21-23-11-15-25(37)16-12-23)35(43)41(33)19-20-42-34(28-8-4-6-10-32(28)46-2)40-30(36(42)44)22-24-13-17-26(38)18-14-24/h3-18,21-22H,19-20H2,1-2H3/b29-21-,30-22+. The van der Waals surface area contributed by atoms with Crippen molar-refractivity contribution in [3.63, 3.8) is 0 Å². The monoisotopic (exact) mass is 650 g/mol. The van der Waals surface area contributed by atoms with E-state index in [2.05, 4.69) is 0 Å². The molecular weight excluding hydrogens is 623 g/mol. The first-order valence-electron chi connectivity index (χ1n) is 14.4. The van der Waals surface area contributed by atoms with Crippen LogP contribution in [-0.4, -0.2) is 60.6 Å². The van der Waals surface area contributed by atoms with Gasteiger partial charge in [0, 0.05) is 23.1 Å². The van der Waals surface area contributed by atoms with Crippen LogP contribution in [0.1, 0.15) is 22.3 Å². The molecule has 2 heterocycles. The quantitative estimate of drug-likeness (QED) is 0.183. The lowest BCUT2D eigenvalue weighted by Gasteiger charge is -2.24. The van der Waals surface area contributed by atoms with Gasteiger partial charge in [-0.15, -0.1) is 0 Å². The zero-order chi connectivity index (χ0) is 32.2. The SMILES string of the molecule is COc1ccccc1C1=N/C(=C\c2ccc(Cl)cc2)C(=O)N1CCN1C(=O)/C(=C\c2ccc(Cl)cc2)N=C1c1ccccc1OC. The van der Waals surface area contributed by atoms with Crippen LogP contribution in [0.25, 0.3) is 12.2 Å². The Kier molecular flexibility index (Phi) is 9.01. The number of benzene rings is 4. The van der Waals surface area contributed by atoms with Crippen molar-refractivity contribution in [2.45, 2.75) is 0 Å². The molecule has 2 aliphatic rings. The molecule has 0 saturated carbocycles. The van der Waals surface area contributed by atoms with Gasteiger partial charge in [-0.25, -0.2) is 9.98 Å². The summed E-state index contributed by atoms with van der Waals surface area (Å²) in [6.07, 6.45) is 3.42. The summed E-state index contributed by atoms with van der Waals surface area (Å²) in [5, 5.41) is 1.18. The van der Waals surface area contributed by atoms with Crippen LogP contribution in [0.2, 0.25) is 10.0 Å². The Morgan fingerprint density at radius 3 is 1.33 bits per heavy atom. The van der Waals surface area contributed by atoms with Crippen LogP contribution in [0.3, 0.4) is 0 Å². The molecule has 2 aliphatic heterocycles. The highest BCUT2D eigenvalue weighted by Crippen LogP contribution is 2.30. The van der Waals surface area contributed by atoms with E-state index in [1.165, 1.54) is 0 Å². The average Bonchev–Trinajstić information content (AvgIpc) is 3.56. The lowest BCUT2D eigenvalue weighted by Crippen LogP contribution is -2.43. The lowest BCUT2D eigenvalue weighted by molar-refractivity contribution is -0.125. The number of hydrogen-bond donors (Lipinski definition) is 0. The maximum atomic E-state index is 13.9. The molecule has 4 aromatic carbocycles. The fourth-order valence-electron chi connectivity index (χ4n) is 5.22. The number of para-hydroxylation sites is 2. The summed E-state index contributed by atoms with van der Waals surface area (Å²) in [5.41, 5.74) is 3.33. The number of halogens is 2. The highest BCUT2D eigenvalue weighted by Gasteiger charge is 2.36. The molecule has 230 valence electrons. The van der Waals surface area contributed by atoms with Crippen molar-refractivity contribution in [2.24, 2.45) is 9.98 Å². The molecule has 4 aromatic rings. The molecule has 8 nitrogen and oxygen atoms in total. The molecule has 0 bridgehead atoms. The first kappa shape index (κ1) is 30.8. The molecule has 0 saturated heterocycles. The first-order chi connectivity index (χ1) is 22.4. The van der Waals surface area contributed by atoms with Crippen LogP contribution < -0.4 is 9.47 Å². The van der Waals surface area contributed by atoms with Gasteiger partial charge in [0.1, 0.15) is 34.6 Å². The van der Waals surface area contributed by atoms with E-state index in [9.17, 15) is 9.59 Å². The predicted molar refractivity (Wildman–Crippen MR) is 181 cm³/mol. The van der Waals surface area contributed by atoms with Gasteiger partial charge < -0.3 is 9.47 Å². The third-order valence-electron chi connectivity index (χ3n) is 7.48. The fourth-order valence-corrected chi connectivity index (χ4v) is 5.47. The summed E-state index contributed by atoms with van der Waals surface area (Å²) >= 11 is 12.1. The number of amidine groups is 2. The molecule has 46 heavy (non-hydrogen) atoms. The van der Waals surface area contributed by atoms with Gasteiger partial charge in [-0.05, 0) is 71.8 Å². The number of rotatable bonds is 9. The van der Waals surface area contributed by atoms with Crippen LogP contribution in [0.5, 0.6) is 11.5 Å². The molecule has 0 aromatic heterocycles. The Labute approximate surface area is 276 Å².